The third kappa shape index (κ3) is 3.17. The molecule has 3 nitrogen and oxygen atoms in total. The molecular formula is C18H22FN3. The molecular weight excluding hydrogens is 277 g/mol. The monoisotopic (exact) mass is 299 g/mol. The van der Waals surface area contributed by atoms with Crippen LogP contribution >= 0.6 is 0 Å². The van der Waals surface area contributed by atoms with Gasteiger partial charge in [-0.05, 0) is 6.07 Å². The molecule has 0 saturated heterocycles. The van der Waals surface area contributed by atoms with Crippen LogP contribution in [0.4, 0.5) is 4.39 Å². The molecule has 0 unspecified atom stereocenters. The predicted molar refractivity (Wildman–Crippen MR) is 85.0 cm³/mol. The molecule has 1 aliphatic rings. The predicted octanol–water partition coefficient (Wildman–Crippen LogP) is 3.47. The topological polar surface area (TPSA) is 29.0 Å². The smallest absolute Gasteiger partial charge is 0.133 e. The molecule has 116 valence electrons. The number of halogens is 1. The Morgan fingerprint density at radius 3 is 2.73 bits per heavy atom. The summed E-state index contributed by atoms with van der Waals surface area (Å²) in [5.74, 6) is 0.765. The van der Waals surface area contributed by atoms with Gasteiger partial charge in [0.2, 0.25) is 0 Å². The van der Waals surface area contributed by atoms with E-state index in [1.165, 1.54) is 6.07 Å². The number of rotatable bonds is 2. The zero-order valence-corrected chi connectivity index (χ0v) is 13.4. The minimum Gasteiger partial charge on any atom is -0.294 e. The van der Waals surface area contributed by atoms with Gasteiger partial charge in [-0.1, -0.05) is 39.0 Å². The molecule has 0 spiro atoms. The van der Waals surface area contributed by atoms with Gasteiger partial charge in [0.25, 0.3) is 0 Å². The molecule has 4 heteroatoms. The van der Waals surface area contributed by atoms with Crippen molar-refractivity contribution in [3.63, 3.8) is 0 Å². The van der Waals surface area contributed by atoms with E-state index in [1.807, 2.05) is 18.3 Å². The molecule has 0 radical (unpaired) electrons. The fourth-order valence-corrected chi connectivity index (χ4v) is 2.74. The van der Waals surface area contributed by atoms with Crippen LogP contribution in [0, 0.1) is 5.82 Å². The van der Waals surface area contributed by atoms with Gasteiger partial charge >= 0.3 is 0 Å². The van der Waals surface area contributed by atoms with Crippen LogP contribution in [0.15, 0.2) is 30.5 Å². The van der Waals surface area contributed by atoms with E-state index < -0.39 is 0 Å². The number of fused-ring (bicyclic) bond motifs is 1. The largest absolute Gasteiger partial charge is 0.294 e. The minimum atomic E-state index is -0.132. The van der Waals surface area contributed by atoms with Crippen molar-refractivity contribution in [2.45, 2.75) is 45.7 Å². The Labute approximate surface area is 131 Å². The highest BCUT2D eigenvalue weighted by Crippen LogP contribution is 2.23. The SMILES string of the molecule is CC(C)(C)c1ncc2c(n1)CCN(Cc1ccccc1F)C2. The van der Waals surface area contributed by atoms with E-state index in [-0.39, 0.29) is 11.2 Å². The fraction of sp³-hybridized carbons (Fsp3) is 0.444. The molecule has 0 bridgehead atoms. The number of nitrogens with zero attached hydrogens (tertiary/aromatic N) is 3. The third-order valence-electron chi connectivity index (χ3n) is 4.04. The van der Waals surface area contributed by atoms with Crippen LogP contribution in [0.1, 0.15) is 43.4 Å². The van der Waals surface area contributed by atoms with Crippen LogP contribution in [0.5, 0.6) is 0 Å². The zero-order valence-electron chi connectivity index (χ0n) is 13.4. The number of benzene rings is 1. The van der Waals surface area contributed by atoms with Gasteiger partial charge in [0.1, 0.15) is 11.6 Å². The lowest BCUT2D eigenvalue weighted by atomic mass is 9.95. The van der Waals surface area contributed by atoms with Gasteiger partial charge in [0.15, 0.2) is 0 Å². The lowest BCUT2D eigenvalue weighted by Gasteiger charge is -2.29. The molecule has 0 atom stereocenters. The van der Waals surface area contributed by atoms with Gasteiger partial charge in [0.05, 0.1) is 0 Å². The maximum atomic E-state index is 13.8. The maximum Gasteiger partial charge on any atom is 0.133 e. The van der Waals surface area contributed by atoms with Crippen molar-refractivity contribution in [1.82, 2.24) is 14.9 Å². The molecule has 0 N–H and O–H groups in total. The highest BCUT2D eigenvalue weighted by molar-refractivity contribution is 5.23. The molecule has 1 aliphatic heterocycles. The Hall–Kier alpha value is -1.81. The van der Waals surface area contributed by atoms with Crippen molar-refractivity contribution >= 4 is 0 Å². The second-order valence-electron chi connectivity index (χ2n) is 6.97. The van der Waals surface area contributed by atoms with Gasteiger partial charge in [-0.25, -0.2) is 14.4 Å². The van der Waals surface area contributed by atoms with Crippen molar-refractivity contribution in [3.8, 4) is 0 Å². The molecule has 0 fully saturated rings. The number of aromatic nitrogens is 2. The second kappa shape index (κ2) is 5.76. The van der Waals surface area contributed by atoms with Gasteiger partial charge in [-0.3, -0.25) is 4.90 Å². The van der Waals surface area contributed by atoms with E-state index in [4.69, 9.17) is 4.98 Å². The van der Waals surface area contributed by atoms with E-state index >= 15 is 0 Å². The van der Waals surface area contributed by atoms with Crippen molar-refractivity contribution in [2.24, 2.45) is 0 Å². The van der Waals surface area contributed by atoms with Crippen molar-refractivity contribution < 1.29 is 4.39 Å². The quantitative estimate of drug-likeness (QED) is 0.850. The summed E-state index contributed by atoms with van der Waals surface area (Å²) in [4.78, 5) is 11.5. The average molecular weight is 299 g/mol. The van der Waals surface area contributed by atoms with Crippen molar-refractivity contribution in [1.29, 1.82) is 0 Å². The lowest BCUT2D eigenvalue weighted by molar-refractivity contribution is 0.239. The summed E-state index contributed by atoms with van der Waals surface area (Å²) >= 11 is 0. The lowest BCUT2D eigenvalue weighted by Crippen LogP contribution is -2.32. The van der Waals surface area contributed by atoms with Crippen LogP contribution in [-0.4, -0.2) is 21.4 Å². The standard InChI is InChI=1S/C18H22FN3/c1-18(2,3)17-20-10-14-12-22(9-8-16(14)21-17)11-13-6-4-5-7-15(13)19/h4-7,10H,8-9,11-12H2,1-3H3. The Morgan fingerprint density at radius 1 is 1.23 bits per heavy atom. The minimum absolute atomic E-state index is 0.0284. The molecule has 2 heterocycles. The molecule has 0 saturated carbocycles. The summed E-state index contributed by atoms with van der Waals surface area (Å²) in [5, 5.41) is 0. The Balaban J connectivity index is 1.76. The van der Waals surface area contributed by atoms with Gasteiger partial charge in [-0.15, -0.1) is 0 Å². The van der Waals surface area contributed by atoms with Crippen LogP contribution in [0.25, 0.3) is 0 Å². The second-order valence-corrected chi connectivity index (χ2v) is 6.97. The van der Waals surface area contributed by atoms with E-state index in [0.717, 1.165) is 42.2 Å². The molecule has 22 heavy (non-hydrogen) atoms. The highest BCUT2D eigenvalue weighted by atomic mass is 19.1. The first-order valence-electron chi connectivity index (χ1n) is 7.74. The molecule has 1 aromatic carbocycles. The van der Waals surface area contributed by atoms with Crippen molar-refractivity contribution in [3.05, 3.63) is 58.9 Å². The van der Waals surface area contributed by atoms with E-state index in [0.29, 0.717) is 6.54 Å². The Morgan fingerprint density at radius 2 is 2.00 bits per heavy atom. The summed E-state index contributed by atoms with van der Waals surface area (Å²) in [6.07, 6.45) is 2.84. The Kier molecular flexibility index (Phi) is 3.96. The first-order chi connectivity index (χ1) is 10.4. The van der Waals surface area contributed by atoms with E-state index in [9.17, 15) is 4.39 Å². The Bertz CT molecular complexity index is 676. The van der Waals surface area contributed by atoms with E-state index in [1.54, 1.807) is 6.07 Å². The molecule has 3 rings (SSSR count). The number of hydrogen-bond donors (Lipinski definition) is 0. The van der Waals surface area contributed by atoms with Crippen LogP contribution in [0.3, 0.4) is 0 Å². The molecule has 1 aromatic heterocycles. The first kappa shape index (κ1) is 15.1. The zero-order chi connectivity index (χ0) is 15.7. The van der Waals surface area contributed by atoms with Crippen molar-refractivity contribution in [2.75, 3.05) is 6.54 Å². The average Bonchev–Trinajstić information content (AvgIpc) is 2.48. The first-order valence-corrected chi connectivity index (χ1v) is 7.74. The molecule has 2 aromatic rings. The van der Waals surface area contributed by atoms with Gasteiger partial charge in [-0.2, -0.15) is 0 Å². The normalized spacial score (nSPS) is 15.6. The van der Waals surface area contributed by atoms with Crippen LogP contribution in [0.2, 0.25) is 0 Å². The summed E-state index contributed by atoms with van der Waals surface area (Å²) in [6, 6.07) is 6.98. The number of hydrogen-bond acceptors (Lipinski definition) is 3. The maximum absolute atomic E-state index is 13.8. The summed E-state index contributed by atoms with van der Waals surface area (Å²) in [6.45, 7) is 8.70. The summed E-state index contributed by atoms with van der Waals surface area (Å²) in [5.41, 5.74) is 3.03. The van der Waals surface area contributed by atoms with Gasteiger partial charge in [0, 0.05) is 54.5 Å². The third-order valence-corrected chi connectivity index (χ3v) is 4.04. The summed E-state index contributed by atoms with van der Waals surface area (Å²) in [7, 11) is 0. The summed E-state index contributed by atoms with van der Waals surface area (Å²) < 4.78 is 13.8. The van der Waals surface area contributed by atoms with Crippen LogP contribution < -0.4 is 0 Å². The molecule has 0 aliphatic carbocycles. The van der Waals surface area contributed by atoms with Crippen LogP contribution in [-0.2, 0) is 24.9 Å². The fourth-order valence-electron chi connectivity index (χ4n) is 2.74. The highest BCUT2D eigenvalue weighted by Gasteiger charge is 2.23. The molecule has 0 amide bonds. The van der Waals surface area contributed by atoms with Gasteiger partial charge < -0.3 is 0 Å². The van der Waals surface area contributed by atoms with E-state index in [2.05, 4.69) is 30.7 Å².